The molecule has 5 aromatic rings. The van der Waals surface area contributed by atoms with Gasteiger partial charge in [-0.15, -0.1) is 0 Å². The molecular formula is C24H20N4O3. The van der Waals surface area contributed by atoms with Crippen LogP contribution in [0.1, 0.15) is 0 Å². The second-order valence-corrected chi connectivity index (χ2v) is 6.86. The number of hydrogen-bond donors (Lipinski definition) is 2. The van der Waals surface area contributed by atoms with E-state index < -0.39 is 0 Å². The highest BCUT2D eigenvalue weighted by atomic mass is 16.5. The largest absolute Gasteiger partial charge is 0.493 e. The molecule has 7 nitrogen and oxygen atoms in total. The summed E-state index contributed by atoms with van der Waals surface area (Å²) < 4.78 is 16.9. The molecule has 7 heteroatoms. The number of H-pyrrole nitrogens is 1. The van der Waals surface area contributed by atoms with Gasteiger partial charge in [0.25, 0.3) is 0 Å². The van der Waals surface area contributed by atoms with E-state index in [2.05, 4.69) is 20.3 Å². The Hall–Kier alpha value is -4.26. The molecule has 0 saturated heterocycles. The summed E-state index contributed by atoms with van der Waals surface area (Å²) in [4.78, 5) is 12.1. The zero-order valence-electron chi connectivity index (χ0n) is 17.0. The van der Waals surface area contributed by atoms with Crippen LogP contribution in [0.2, 0.25) is 0 Å². The smallest absolute Gasteiger partial charge is 0.162 e. The van der Waals surface area contributed by atoms with Gasteiger partial charge >= 0.3 is 0 Å². The van der Waals surface area contributed by atoms with E-state index in [1.54, 1.807) is 14.2 Å². The van der Waals surface area contributed by atoms with Gasteiger partial charge in [-0.05, 0) is 36.4 Å². The van der Waals surface area contributed by atoms with E-state index >= 15 is 0 Å². The Labute approximate surface area is 178 Å². The maximum Gasteiger partial charge on any atom is 0.162 e. The van der Waals surface area contributed by atoms with Crippen LogP contribution in [-0.2, 0) is 0 Å². The van der Waals surface area contributed by atoms with Crippen LogP contribution in [0.4, 0.5) is 11.5 Å². The number of ether oxygens (including phenoxy) is 3. The molecule has 0 unspecified atom stereocenters. The SMILES string of the molecule is COc1cc2ncnc(Nc3ccc(Oc4ccccc4)c4[nH]ccc34)c2cc1OC. The van der Waals surface area contributed by atoms with Crippen molar-refractivity contribution in [1.82, 2.24) is 15.0 Å². The molecular weight excluding hydrogens is 392 g/mol. The van der Waals surface area contributed by atoms with E-state index in [4.69, 9.17) is 14.2 Å². The Morgan fingerprint density at radius 2 is 1.61 bits per heavy atom. The summed E-state index contributed by atoms with van der Waals surface area (Å²) in [6, 6.07) is 19.3. The van der Waals surface area contributed by atoms with Crippen molar-refractivity contribution in [2.24, 2.45) is 0 Å². The fourth-order valence-electron chi connectivity index (χ4n) is 3.55. The number of benzene rings is 3. The van der Waals surface area contributed by atoms with Gasteiger partial charge < -0.3 is 24.5 Å². The number of para-hydroxylation sites is 1. The molecule has 0 atom stereocenters. The van der Waals surface area contributed by atoms with E-state index in [0.29, 0.717) is 17.3 Å². The predicted molar refractivity (Wildman–Crippen MR) is 121 cm³/mol. The molecule has 5 rings (SSSR count). The van der Waals surface area contributed by atoms with E-state index in [-0.39, 0.29) is 0 Å². The highest BCUT2D eigenvalue weighted by Crippen LogP contribution is 2.37. The number of rotatable bonds is 6. The second kappa shape index (κ2) is 7.87. The molecule has 0 saturated carbocycles. The summed E-state index contributed by atoms with van der Waals surface area (Å²) >= 11 is 0. The topological polar surface area (TPSA) is 81.3 Å². The fourth-order valence-corrected chi connectivity index (χ4v) is 3.55. The van der Waals surface area contributed by atoms with Crippen molar-refractivity contribution in [1.29, 1.82) is 0 Å². The van der Waals surface area contributed by atoms with E-state index in [1.807, 2.05) is 66.9 Å². The van der Waals surface area contributed by atoms with Gasteiger partial charge in [0.15, 0.2) is 17.2 Å². The van der Waals surface area contributed by atoms with Crippen molar-refractivity contribution >= 4 is 33.3 Å². The average Bonchev–Trinajstić information content (AvgIpc) is 3.31. The van der Waals surface area contributed by atoms with Crippen molar-refractivity contribution < 1.29 is 14.2 Å². The number of methoxy groups -OCH3 is 2. The molecule has 0 amide bonds. The molecule has 0 aliphatic heterocycles. The number of aromatic amines is 1. The van der Waals surface area contributed by atoms with Crippen LogP contribution in [0.15, 0.2) is 73.2 Å². The summed E-state index contributed by atoms with van der Waals surface area (Å²) in [5, 5.41) is 5.25. The molecule has 3 aromatic carbocycles. The van der Waals surface area contributed by atoms with Crippen LogP contribution in [0.5, 0.6) is 23.0 Å². The minimum atomic E-state index is 0.617. The van der Waals surface area contributed by atoms with Crippen LogP contribution >= 0.6 is 0 Å². The Bertz CT molecular complexity index is 1370. The molecule has 31 heavy (non-hydrogen) atoms. The molecule has 2 aromatic heterocycles. The number of fused-ring (bicyclic) bond motifs is 2. The van der Waals surface area contributed by atoms with Crippen molar-refractivity contribution in [3.05, 3.63) is 73.2 Å². The molecule has 0 fully saturated rings. The standard InChI is InChI=1S/C24H20N4O3/c1-29-21-12-17-19(13-22(21)30-2)26-14-27-24(17)28-18-8-9-20(23-16(18)10-11-25-23)31-15-6-4-3-5-7-15/h3-14,25H,1-2H3,(H,26,27,28). The third-order valence-electron chi connectivity index (χ3n) is 5.05. The summed E-state index contributed by atoms with van der Waals surface area (Å²) in [7, 11) is 3.21. The monoisotopic (exact) mass is 412 g/mol. The lowest BCUT2D eigenvalue weighted by Crippen LogP contribution is -1.98. The normalized spacial score (nSPS) is 10.9. The summed E-state index contributed by atoms with van der Waals surface area (Å²) in [5.74, 6) is 3.43. The highest BCUT2D eigenvalue weighted by Gasteiger charge is 2.14. The average molecular weight is 412 g/mol. The Kier molecular flexibility index (Phi) is 4.76. The zero-order valence-corrected chi connectivity index (χ0v) is 17.0. The molecule has 0 aliphatic rings. The lowest BCUT2D eigenvalue weighted by atomic mass is 10.1. The first kappa shape index (κ1) is 18.7. The van der Waals surface area contributed by atoms with Crippen LogP contribution in [-0.4, -0.2) is 29.2 Å². The van der Waals surface area contributed by atoms with Gasteiger partial charge in [0.2, 0.25) is 0 Å². The summed E-state index contributed by atoms with van der Waals surface area (Å²) in [5.41, 5.74) is 2.54. The number of aromatic nitrogens is 3. The maximum absolute atomic E-state index is 6.07. The van der Waals surface area contributed by atoms with Gasteiger partial charge in [-0.3, -0.25) is 0 Å². The lowest BCUT2D eigenvalue weighted by Gasteiger charge is -2.14. The van der Waals surface area contributed by atoms with E-state index in [0.717, 1.165) is 39.0 Å². The molecule has 0 aliphatic carbocycles. The second-order valence-electron chi connectivity index (χ2n) is 6.86. The van der Waals surface area contributed by atoms with E-state index in [9.17, 15) is 0 Å². The van der Waals surface area contributed by atoms with Crippen molar-refractivity contribution in [2.45, 2.75) is 0 Å². The van der Waals surface area contributed by atoms with Gasteiger partial charge in [0.05, 0.1) is 25.3 Å². The lowest BCUT2D eigenvalue weighted by molar-refractivity contribution is 0.356. The number of nitrogens with zero attached hydrogens (tertiary/aromatic N) is 2. The number of hydrogen-bond acceptors (Lipinski definition) is 6. The van der Waals surface area contributed by atoms with Gasteiger partial charge in [-0.1, -0.05) is 18.2 Å². The van der Waals surface area contributed by atoms with Crippen LogP contribution in [0.25, 0.3) is 21.8 Å². The molecule has 154 valence electrons. The van der Waals surface area contributed by atoms with Crippen molar-refractivity contribution in [2.75, 3.05) is 19.5 Å². The third-order valence-corrected chi connectivity index (χ3v) is 5.05. The quantitative estimate of drug-likeness (QED) is 0.374. The number of nitrogens with one attached hydrogen (secondary N) is 2. The third kappa shape index (κ3) is 3.46. The molecule has 0 spiro atoms. The van der Waals surface area contributed by atoms with Crippen LogP contribution in [0.3, 0.4) is 0 Å². The summed E-state index contributed by atoms with van der Waals surface area (Å²) in [6.45, 7) is 0. The van der Waals surface area contributed by atoms with Gasteiger partial charge in [-0.25, -0.2) is 9.97 Å². The Balaban J connectivity index is 1.55. The maximum atomic E-state index is 6.07. The Morgan fingerprint density at radius 3 is 2.42 bits per heavy atom. The first-order chi connectivity index (χ1) is 15.3. The van der Waals surface area contributed by atoms with Crippen LogP contribution in [0, 0.1) is 0 Å². The molecule has 0 radical (unpaired) electrons. The van der Waals surface area contributed by atoms with Crippen molar-refractivity contribution in [3.8, 4) is 23.0 Å². The fraction of sp³-hybridized carbons (Fsp3) is 0.0833. The van der Waals surface area contributed by atoms with Gasteiger partial charge in [0.1, 0.15) is 17.9 Å². The first-order valence-electron chi connectivity index (χ1n) is 9.73. The molecule has 2 heterocycles. The molecule has 0 bridgehead atoms. The van der Waals surface area contributed by atoms with E-state index in [1.165, 1.54) is 6.33 Å². The molecule has 2 N–H and O–H groups in total. The van der Waals surface area contributed by atoms with Gasteiger partial charge in [0, 0.05) is 28.7 Å². The minimum absolute atomic E-state index is 0.617. The minimum Gasteiger partial charge on any atom is -0.493 e. The predicted octanol–water partition coefficient (Wildman–Crippen LogP) is 5.66. The van der Waals surface area contributed by atoms with Gasteiger partial charge in [-0.2, -0.15) is 0 Å². The first-order valence-corrected chi connectivity index (χ1v) is 9.73. The highest BCUT2D eigenvalue weighted by molar-refractivity contribution is 6.00. The Morgan fingerprint density at radius 1 is 0.806 bits per heavy atom. The van der Waals surface area contributed by atoms with Crippen molar-refractivity contribution in [3.63, 3.8) is 0 Å². The zero-order chi connectivity index (χ0) is 21.2. The number of anilines is 2. The summed E-state index contributed by atoms with van der Waals surface area (Å²) in [6.07, 6.45) is 3.41. The van der Waals surface area contributed by atoms with Crippen LogP contribution < -0.4 is 19.5 Å².